The van der Waals surface area contributed by atoms with Gasteiger partial charge in [-0.15, -0.1) is 0 Å². The van der Waals surface area contributed by atoms with E-state index in [0.29, 0.717) is 12.6 Å². The Morgan fingerprint density at radius 3 is 2.40 bits per heavy atom. The van der Waals surface area contributed by atoms with E-state index >= 15 is 0 Å². The van der Waals surface area contributed by atoms with E-state index in [9.17, 15) is 8.78 Å². The molecule has 20 heavy (non-hydrogen) atoms. The van der Waals surface area contributed by atoms with Crippen LogP contribution in [0, 0.1) is 11.8 Å². The van der Waals surface area contributed by atoms with Crippen LogP contribution in [0.15, 0.2) is 22.7 Å². The number of rotatable bonds is 7. The van der Waals surface area contributed by atoms with Crippen molar-refractivity contribution < 1.29 is 13.5 Å². The standard InChI is InChI=1S/C15H18BrF2NO/c16-12-5-6-13(20-15(17)18)11(7-12)8-19-14(9-1-2-9)10-3-4-10/h5-7,9-10,14-15,19H,1-4,8H2. The van der Waals surface area contributed by atoms with E-state index in [4.69, 9.17) is 0 Å². The SMILES string of the molecule is FC(F)Oc1ccc(Br)cc1CNC(C1CC1)C1CC1. The maximum absolute atomic E-state index is 12.4. The van der Waals surface area contributed by atoms with Crippen LogP contribution in [0.25, 0.3) is 0 Å². The highest BCUT2D eigenvalue weighted by molar-refractivity contribution is 9.10. The zero-order valence-electron chi connectivity index (χ0n) is 11.1. The molecule has 2 fully saturated rings. The van der Waals surface area contributed by atoms with Gasteiger partial charge in [0.15, 0.2) is 0 Å². The molecule has 5 heteroatoms. The Labute approximate surface area is 126 Å². The maximum Gasteiger partial charge on any atom is 0.387 e. The lowest BCUT2D eigenvalue weighted by molar-refractivity contribution is -0.0505. The molecule has 0 saturated heterocycles. The summed E-state index contributed by atoms with van der Waals surface area (Å²) < 4.78 is 30.3. The Bertz CT molecular complexity index is 463. The van der Waals surface area contributed by atoms with Crippen LogP contribution < -0.4 is 10.1 Å². The van der Waals surface area contributed by atoms with Crippen LogP contribution in [0.4, 0.5) is 8.78 Å². The third-order valence-corrected chi connectivity index (χ3v) is 4.52. The molecule has 0 heterocycles. The van der Waals surface area contributed by atoms with Crippen molar-refractivity contribution in [1.82, 2.24) is 5.32 Å². The van der Waals surface area contributed by atoms with Crippen molar-refractivity contribution in [2.75, 3.05) is 0 Å². The van der Waals surface area contributed by atoms with Gasteiger partial charge in [0, 0.05) is 22.6 Å². The third-order valence-electron chi connectivity index (χ3n) is 4.03. The zero-order valence-corrected chi connectivity index (χ0v) is 12.7. The lowest BCUT2D eigenvalue weighted by Gasteiger charge is -2.19. The van der Waals surface area contributed by atoms with Crippen molar-refractivity contribution in [2.24, 2.45) is 11.8 Å². The van der Waals surface area contributed by atoms with Crippen LogP contribution in [0.2, 0.25) is 0 Å². The van der Waals surface area contributed by atoms with E-state index < -0.39 is 6.61 Å². The first-order valence-electron chi connectivity index (χ1n) is 7.10. The highest BCUT2D eigenvalue weighted by Crippen LogP contribution is 2.44. The largest absolute Gasteiger partial charge is 0.434 e. The first-order valence-corrected chi connectivity index (χ1v) is 7.89. The second-order valence-corrected chi connectivity index (χ2v) is 6.63. The minimum atomic E-state index is -2.78. The molecule has 2 saturated carbocycles. The van der Waals surface area contributed by atoms with Gasteiger partial charge >= 0.3 is 6.61 Å². The second-order valence-electron chi connectivity index (χ2n) is 5.71. The van der Waals surface area contributed by atoms with Gasteiger partial charge < -0.3 is 10.1 Å². The van der Waals surface area contributed by atoms with Crippen LogP contribution in [0.3, 0.4) is 0 Å². The first kappa shape index (κ1) is 14.3. The topological polar surface area (TPSA) is 21.3 Å². The number of halogens is 3. The van der Waals surface area contributed by atoms with E-state index in [2.05, 4.69) is 26.0 Å². The molecule has 0 bridgehead atoms. The highest BCUT2D eigenvalue weighted by Gasteiger charge is 2.41. The summed E-state index contributed by atoms with van der Waals surface area (Å²) in [4.78, 5) is 0. The molecule has 0 amide bonds. The molecule has 0 radical (unpaired) electrons. The number of benzene rings is 1. The minimum absolute atomic E-state index is 0.265. The van der Waals surface area contributed by atoms with Crippen molar-refractivity contribution in [3.63, 3.8) is 0 Å². The van der Waals surface area contributed by atoms with Gasteiger partial charge in [-0.2, -0.15) is 8.78 Å². The molecule has 0 aromatic heterocycles. The molecule has 2 aliphatic carbocycles. The van der Waals surface area contributed by atoms with Crippen molar-refractivity contribution in [3.05, 3.63) is 28.2 Å². The van der Waals surface area contributed by atoms with E-state index in [1.807, 2.05) is 6.07 Å². The van der Waals surface area contributed by atoms with Crippen molar-refractivity contribution in [3.8, 4) is 5.75 Å². The van der Waals surface area contributed by atoms with Gasteiger partial charge in [-0.25, -0.2) is 0 Å². The van der Waals surface area contributed by atoms with Crippen LogP contribution in [-0.4, -0.2) is 12.7 Å². The van der Waals surface area contributed by atoms with Crippen molar-refractivity contribution in [1.29, 1.82) is 0 Å². The number of hydrogen-bond acceptors (Lipinski definition) is 2. The van der Waals surface area contributed by atoms with Crippen molar-refractivity contribution in [2.45, 2.75) is 44.9 Å². The Morgan fingerprint density at radius 1 is 1.20 bits per heavy atom. The molecule has 0 atom stereocenters. The van der Waals surface area contributed by atoms with Gasteiger partial charge in [0.05, 0.1) is 0 Å². The summed E-state index contributed by atoms with van der Waals surface area (Å²) in [5, 5.41) is 3.56. The molecular formula is C15H18BrF2NO. The molecule has 1 aromatic carbocycles. The van der Waals surface area contributed by atoms with E-state index in [1.165, 1.54) is 25.7 Å². The Hall–Kier alpha value is -0.680. The fraction of sp³-hybridized carbons (Fsp3) is 0.600. The van der Waals surface area contributed by atoms with E-state index in [1.54, 1.807) is 12.1 Å². The fourth-order valence-electron chi connectivity index (χ4n) is 2.75. The first-order chi connectivity index (χ1) is 9.63. The predicted octanol–water partition coefficient (Wildman–Crippen LogP) is 4.33. The highest BCUT2D eigenvalue weighted by atomic mass is 79.9. The molecular weight excluding hydrogens is 328 g/mol. The lowest BCUT2D eigenvalue weighted by Crippen LogP contribution is -2.32. The van der Waals surface area contributed by atoms with Gasteiger partial charge in [0.1, 0.15) is 5.75 Å². The normalized spacial score (nSPS) is 18.9. The fourth-order valence-corrected chi connectivity index (χ4v) is 3.16. The molecule has 0 aliphatic heterocycles. The van der Waals surface area contributed by atoms with E-state index in [0.717, 1.165) is 21.9 Å². The van der Waals surface area contributed by atoms with Crippen LogP contribution in [-0.2, 0) is 6.54 Å². The summed E-state index contributed by atoms with van der Waals surface area (Å²) in [6.07, 6.45) is 5.19. The number of nitrogens with one attached hydrogen (secondary N) is 1. The Morgan fingerprint density at radius 2 is 1.85 bits per heavy atom. The molecule has 1 aromatic rings. The Balaban J connectivity index is 1.66. The average molecular weight is 346 g/mol. The third kappa shape index (κ3) is 3.70. The molecule has 0 unspecified atom stereocenters. The van der Waals surface area contributed by atoms with Gasteiger partial charge in [0.2, 0.25) is 0 Å². The van der Waals surface area contributed by atoms with Gasteiger partial charge in [-0.1, -0.05) is 15.9 Å². The monoisotopic (exact) mass is 345 g/mol. The van der Waals surface area contributed by atoms with Crippen LogP contribution in [0.5, 0.6) is 5.75 Å². The molecule has 0 spiro atoms. The molecule has 110 valence electrons. The summed E-state index contributed by atoms with van der Waals surface area (Å²) in [6.45, 7) is -2.20. The molecule has 2 aliphatic rings. The summed E-state index contributed by atoms with van der Waals surface area (Å²) in [5.41, 5.74) is 0.783. The smallest absolute Gasteiger partial charge is 0.387 e. The average Bonchev–Trinajstić information content (AvgIpc) is 3.25. The van der Waals surface area contributed by atoms with Gasteiger partial charge in [-0.05, 0) is 55.7 Å². The Kier molecular flexibility index (Phi) is 4.26. The molecule has 3 rings (SSSR count). The van der Waals surface area contributed by atoms with Gasteiger partial charge in [0.25, 0.3) is 0 Å². The van der Waals surface area contributed by atoms with Crippen molar-refractivity contribution >= 4 is 15.9 Å². The number of hydrogen-bond donors (Lipinski definition) is 1. The maximum atomic E-state index is 12.4. The summed E-state index contributed by atoms with van der Waals surface area (Å²) >= 11 is 3.38. The molecule has 1 N–H and O–H groups in total. The number of ether oxygens (including phenoxy) is 1. The predicted molar refractivity (Wildman–Crippen MR) is 76.8 cm³/mol. The molecule has 2 nitrogen and oxygen atoms in total. The summed E-state index contributed by atoms with van der Waals surface area (Å²) in [7, 11) is 0. The second kappa shape index (κ2) is 5.98. The van der Waals surface area contributed by atoms with Crippen LogP contribution >= 0.6 is 15.9 Å². The summed E-state index contributed by atoms with van der Waals surface area (Å²) in [5.74, 6) is 1.84. The van der Waals surface area contributed by atoms with Crippen LogP contribution in [0.1, 0.15) is 31.2 Å². The van der Waals surface area contributed by atoms with E-state index in [-0.39, 0.29) is 5.75 Å². The lowest BCUT2D eigenvalue weighted by atomic mass is 10.1. The summed E-state index contributed by atoms with van der Waals surface area (Å²) in [6, 6.07) is 5.71. The number of alkyl halides is 2. The zero-order chi connectivity index (χ0) is 14.1. The van der Waals surface area contributed by atoms with Gasteiger partial charge in [-0.3, -0.25) is 0 Å². The quantitative estimate of drug-likeness (QED) is 0.794. The minimum Gasteiger partial charge on any atom is -0.434 e.